The predicted molar refractivity (Wildman–Crippen MR) is 276 cm³/mol. The van der Waals surface area contributed by atoms with Crippen LogP contribution in [0.15, 0.2) is 152 Å². The van der Waals surface area contributed by atoms with E-state index < -0.39 is 0 Å². The normalized spacial score (nSPS) is 12.7. The van der Waals surface area contributed by atoms with Gasteiger partial charge in [-0.1, -0.05) is 141 Å². The fourth-order valence-corrected chi connectivity index (χ4v) is 9.50. The zero-order valence-corrected chi connectivity index (χ0v) is 42.4. The number of aromatic nitrogens is 2. The summed E-state index contributed by atoms with van der Waals surface area (Å²) in [5, 5.41) is 2.20. The maximum absolute atomic E-state index is 14.2. The number of nitrogens with zero attached hydrogens (tertiary/aromatic N) is 4. The fourth-order valence-electron chi connectivity index (χ4n) is 9.50. The Morgan fingerprint density at radius 3 is 1.93 bits per heavy atom. The average molecular weight is 1080 g/mol. The van der Waals surface area contributed by atoms with Crippen LogP contribution >= 0.6 is 0 Å². The summed E-state index contributed by atoms with van der Waals surface area (Å²) in [5.41, 5.74) is 15.1. The van der Waals surface area contributed by atoms with Crippen LogP contribution in [-0.2, 0) is 26.5 Å². The maximum atomic E-state index is 14.2. The van der Waals surface area contributed by atoms with Crippen molar-refractivity contribution in [2.24, 2.45) is 0 Å². The van der Waals surface area contributed by atoms with E-state index in [1.807, 2.05) is 36.5 Å². The Labute approximate surface area is 415 Å². The van der Waals surface area contributed by atoms with Crippen LogP contribution in [-0.4, -0.2) is 9.55 Å². The van der Waals surface area contributed by atoms with E-state index in [0.717, 1.165) is 67.1 Å². The summed E-state index contributed by atoms with van der Waals surface area (Å²) in [5.74, 6) is 2.64. The van der Waals surface area contributed by atoms with Crippen LogP contribution in [0.2, 0.25) is 0 Å². The first-order valence-electron chi connectivity index (χ1n) is 23.5. The van der Waals surface area contributed by atoms with Crippen molar-refractivity contribution in [1.29, 1.82) is 0 Å². The molecule has 68 heavy (non-hydrogen) atoms. The quantitative estimate of drug-likeness (QED) is 0.128. The number of hydrogen-bond acceptors (Lipinski definition) is 4. The van der Waals surface area contributed by atoms with Crippen molar-refractivity contribution in [3.05, 3.63) is 199 Å². The Balaban J connectivity index is 0.00000578. The Kier molecular flexibility index (Phi) is 12.7. The number of para-hydroxylation sites is 4. The van der Waals surface area contributed by atoms with E-state index in [1.165, 1.54) is 39.9 Å². The number of halogens is 1. The van der Waals surface area contributed by atoms with Crippen LogP contribution < -0.4 is 14.5 Å². The van der Waals surface area contributed by atoms with Crippen molar-refractivity contribution in [1.82, 2.24) is 9.55 Å². The molecule has 0 saturated heterocycles. The number of benzene rings is 7. The molecule has 0 radical (unpaired) electrons. The topological polar surface area (TPSA) is 33.5 Å². The largest absolute Gasteiger partial charge is 0.509 e. The minimum Gasteiger partial charge on any atom is -0.509 e. The van der Waals surface area contributed by atoms with Gasteiger partial charge >= 0.3 is 0 Å². The van der Waals surface area contributed by atoms with E-state index in [-0.39, 0.29) is 44.1 Å². The zero-order valence-electron chi connectivity index (χ0n) is 40.1. The van der Waals surface area contributed by atoms with Crippen molar-refractivity contribution in [2.75, 3.05) is 9.80 Å². The van der Waals surface area contributed by atoms with Gasteiger partial charge in [-0.2, -0.15) is 6.07 Å². The summed E-state index contributed by atoms with van der Waals surface area (Å²) in [4.78, 5) is 9.34. The van der Waals surface area contributed by atoms with E-state index in [1.54, 1.807) is 0 Å². The molecule has 1 aliphatic heterocycles. The molecular formula is C61H56FN4OPt-3. The molecule has 0 fully saturated rings. The summed E-state index contributed by atoms with van der Waals surface area (Å²) in [6, 6.07) is 57.0. The molecule has 7 aromatic carbocycles. The molecule has 9 aromatic rings. The Bertz CT molecular complexity index is 3280. The van der Waals surface area contributed by atoms with Crippen LogP contribution in [0.4, 0.5) is 27.1 Å². The van der Waals surface area contributed by atoms with Crippen LogP contribution in [0.1, 0.15) is 102 Å². The van der Waals surface area contributed by atoms with E-state index in [0.29, 0.717) is 17.4 Å². The first kappa shape index (κ1) is 46.6. The smallest absolute Gasteiger partial charge is 0.135 e. The minimum absolute atomic E-state index is 0. The van der Waals surface area contributed by atoms with Gasteiger partial charge in [-0.05, 0) is 110 Å². The summed E-state index contributed by atoms with van der Waals surface area (Å²) in [6.45, 7) is 22.5. The number of hydrogen-bond donors (Lipinski definition) is 0. The number of pyridine rings is 1. The van der Waals surface area contributed by atoms with Gasteiger partial charge in [0.25, 0.3) is 0 Å². The van der Waals surface area contributed by atoms with Crippen molar-refractivity contribution in [3.8, 4) is 39.6 Å². The van der Waals surface area contributed by atoms with Crippen LogP contribution in [0, 0.1) is 24.6 Å². The molecule has 5 nitrogen and oxygen atoms in total. The molecule has 0 unspecified atom stereocenters. The maximum Gasteiger partial charge on any atom is 0.135 e. The summed E-state index contributed by atoms with van der Waals surface area (Å²) < 4.78 is 23.4. The molecule has 0 bridgehead atoms. The molecule has 0 amide bonds. The molecule has 3 heterocycles. The van der Waals surface area contributed by atoms with E-state index in [4.69, 9.17) is 9.72 Å². The third kappa shape index (κ3) is 8.64. The van der Waals surface area contributed by atoms with Crippen molar-refractivity contribution >= 4 is 44.6 Å². The second kappa shape index (κ2) is 18.5. The molecule has 7 heteroatoms. The van der Waals surface area contributed by atoms with Gasteiger partial charge in [-0.15, -0.1) is 53.6 Å². The summed E-state index contributed by atoms with van der Waals surface area (Å²) in [6.07, 6.45) is 1.90. The Morgan fingerprint density at radius 2 is 1.25 bits per heavy atom. The fraction of sp³-hybridized carbons (Fsp3) is 0.213. The Hall–Kier alpha value is -6.49. The third-order valence-electron chi connectivity index (χ3n) is 13.1. The molecule has 0 atom stereocenters. The van der Waals surface area contributed by atoms with Crippen LogP contribution in [0.3, 0.4) is 0 Å². The van der Waals surface area contributed by atoms with Crippen molar-refractivity contribution in [2.45, 2.75) is 85.5 Å². The molecule has 0 spiro atoms. The molecule has 10 rings (SSSR count). The number of ether oxygens (including phenoxy) is 1. The Morgan fingerprint density at radius 1 is 0.603 bits per heavy atom. The van der Waals surface area contributed by atoms with Gasteiger partial charge < -0.3 is 19.1 Å². The van der Waals surface area contributed by atoms with E-state index in [9.17, 15) is 4.39 Å². The van der Waals surface area contributed by atoms with Crippen molar-refractivity contribution < 1.29 is 30.2 Å². The van der Waals surface area contributed by atoms with Gasteiger partial charge in [-0.25, -0.2) is 9.37 Å². The number of fused-ring (bicyclic) bond motifs is 4. The number of rotatable bonds is 10. The van der Waals surface area contributed by atoms with Gasteiger partial charge in [0.2, 0.25) is 0 Å². The van der Waals surface area contributed by atoms with E-state index in [2.05, 4.69) is 199 Å². The molecule has 1 aliphatic rings. The SMILES string of the molecule is CC(C)c1cc(C(C)C)c(-c2cc(Oc3[c-]c4c(cc3)c3ccccc3n4-c3cc(C(C)(C)C)ccn3)[c-]c(N3[CH-]N(c4ccccc4-c4ccc(F)cc4)c4ccccc43)c2)c(C(C)C)c1.[Pt]. The molecule has 0 saturated carbocycles. The molecule has 346 valence electrons. The number of anilines is 4. The van der Waals surface area contributed by atoms with Gasteiger partial charge in [-0.3, -0.25) is 0 Å². The van der Waals surface area contributed by atoms with Crippen LogP contribution in [0.25, 0.3) is 49.9 Å². The molecular weight excluding hydrogens is 1020 g/mol. The molecule has 2 aromatic heterocycles. The average Bonchev–Trinajstić information content (AvgIpc) is 3.87. The first-order valence-corrected chi connectivity index (χ1v) is 23.5. The minimum atomic E-state index is -0.262. The molecule has 0 N–H and O–H groups in total. The van der Waals surface area contributed by atoms with Crippen molar-refractivity contribution in [3.63, 3.8) is 0 Å². The van der Waals surface area contributed by atoms with Gasteiger partial charge in [0, 0.05) is 66.9 Å². The second-order valence-corrected chi connectivity index (χ2v) is 19.7. The van der Waals surface area contributed by atoms with Gasteiger partial charge in [0.1, 0.15) is 11.6 Å². The summed E-state index contributed by atoms with van der Waals surface area (Å²) >= 11 is 0. The predicted octanol–water partition coefficient (Wildman–Crippen LogP) is 17.1. The monoisotopic (exact) mass is 1070 g/mol. The molecule has 0 aliphatic carbocycles. The first-order chi connectivity index (χ1) is 32.2. The summed E-state index contributed by atoms with van der Waals surface area (Å²) in [7, 11) is 0. The van der Waals surface area contributed by atoms with Crippen LogP contribution in [0.5, 0.6) is 11.5 Å². The van der Waals surface area contributed by atoms with Gasteiger partial charge in [0.15, 0.2) is 0 Å². The second-order valence-electron chi connectivity index (χ2n) is 19.7. The standard InChI is InChI=1S/C61H56FN4O.Pt/c1-38(2)42-32-52(39(3)4)60(53(33-42)40(5)6)43-30-46(64-37-65(57-21-15-14-20-56(57)64)54-18-12-10-16-49(54)41-22-24-45(62)25-23-41)35-48(31-43)67-47-26-27-51-50-17-11-13-19-55(50)66(58(51)36-47)59-34-44(28-29-63-59)61(7,8)9;/h10-34,37-40H,1-9H3;/q-3;. The third-order valence-corrected chi connectivity index (χ3v) is 13.1. The van der Waals surface area contributed by atoms with E-state index >= 15 is 0 Å². The zero-order chi connectivity index (χ0) is 46.7. The van der Waals surface area contributed by atoms with Gasteiger partial charge in [0.05, 0.1) is 0 Å².